The lowest BCUT2D eigenvalue weighted by Gasteiger charge is -2.30. The molecule has 0 saturated heterocycles. The summed E-state index contributed by atoms with van der Waals surface area (Å²) < 4.78 is 7.78. The van der Waals surface area contributed by atoms with Crippen LogP contribution in [0.1, 0.15) is 31.2 Å². The molecule has 8 heteroatoms. The lowest BCUT2D eigenvalue weighted by Crippen LogP contribution is -2.31. The van der Waals surface area contributed by atoms with Crippen molar-refractivity contribution in [3.8, 4) is 0 Å². The van der Waals surface area contributed by atoms with Crippen LogP contribution in [0.15, 0.2) is 17.3 Å². The molecular formula is C16H19N5OS2. The minimum atomic E-state index is -0.184. The van der Waals surface area contributed by atoms with Crippen molar-refractivity contribution in [3.05, 3.63) is 22.6 Å². The molecule has 0 bridgehead atoms. The van der Waals surface area contributed by atoms with Crippen LogP contribution in [-0.4, -0.2) is 30.9 Å². The first-order chi connectivity index (χ1) is 11.4. The Labute approximate surface area is 148 Å². The summed E-state index contributed by atoms with van der Waals surface area (Å²) in [5, 5.41) is 10.6. The van der Waals surface area contributed by atoms with Crippen LogP contribution in [0.4, 0.5) is 5.95 Å². The molecule has 3 aromatic rings. The van der Waals surface area contributed by atoms with Crippen LogP contribution in [0.2, 0.25) is 0 Å². The van der Waals surface area contributed by atoms with Gasteiger partial charge in [-0.25, -0.2) is 9.38 Å². The summed E-state index contributed by atoms with van der Waals surface area (Å²) in [5.74, 6) is 1.20. The predicted molar refractivity (Wildman–Crippen MR) is 98.7 cm³/mol. The van der Waals surface area contributed by atoms with Crippen molar-refractivity contribution < 1.29 is 4.74 Å². The number of rotatable bonds is 3. The number of nitrogens with zero attached hydrogens (tertiary/aromatic N) is 4. The van der Waals surface area contributed by atoms with E-state index in [9.17, 15) is 0 Å². The number of fused-ring (bicyclic) bond motifs is 5. The smallest absolute Gasteiger partial charge is 0.209 e. The van der Waals surface area contributed by atoms with E-state index >= 15 is 0 Å². The fourth-order valence-electron chi connectivity index (χ4n) is 2.92. The van der Waals surface area contributed by atoms with Gasteiger partial charge in [0.1, 0.15) is 4.83 Å². The first-order valence-electron chi connectivity index (χ1n) is 7.72. The van der Waals surface area contributed by atoms with Crippen LogP contribution >= 0.6 is 23.1 Å². The Bertz CT molecular complexity index is 972. The van der Waals surface area contributed by atoms with E-state index in [0.29, 0.717) is 12.6 Å². The largest absolute Gasteiger partial charge is 0.370 e. The Morgan fingerprint density at radius 1 is 1.46 bits per heavy atom. The predicted octanol–water partition coefficient (Wildman–Crippen LogP) is 3.44. The molecule has 6 nitrogen and oxygen atoms in total. The highest BCUT2D eigenvalue weighted by molar-refractivity contribution is 7.99. The van der Waals surface area contributed by atoms with Gasteiger partial charge in [-0.05, 0) is 26.3 Å². The molecule has 3 aromatic heterocycles. The third-order valence-electron chi connectivity index (χ3n) is 4.02. The minimum Gasteiger partial charge on any atom is -0.370 e. The van der Waals surface area contributed by atoms with Crippen LogP contribution in [0.3, 0.4) is 0 Å². The van der Waals surface area contributed by atoms with Crippen molar-refractivity contribution in [1.82, 2.24) is 19.6 Å². The van der Waals surface area contributed by atoms with E-state index in [2.05, 4.69) is 35.6 Å². The number of ether oxygens (including phenoxy) is 1. The van der Waals surface area contributed by atoms with Crippen molar-refractivity contribution in [2.75, 3.05) is 11.5 Å². The van der Waals surface area contributed by atoms with Gasteiger partial charge in [0.15, 0.2) is 10.8 Å². The van der Waals surface area contributed by atoms with Gasteiger partial charge in [-0.2, -0.15) is 0 Å². The number of hydrogen-bond acceptors (Lipinski definition) is 7. The summed E-state index contributed by atoms with van der Waals surface area (Å²) in [5.41, 5.74) is 9.15. The molecule has 24 heavy (non-hydrogen) atoms. The summed E-state index contributed by atoms with van der Waals surface area (Å²) >= 11 is 3.21. The van der Waals surface area contributed by atoms with Gasteiger partial charge in [-0.3, -0.25) is 0 Å². The van der Waals surface area contributed by atoms with E-state index in [0.717, 1.165) is 38.8 Å². The van der Waals surface area contributed by atoms with Crippen LogP contribution < -0.4 is 5.73 Å². The number of nitrogen functional groups attached to an aromatic ring is 1. The molecule has 0 amide bonds. The van der Waals surface area contributed by atoms with Crippen molar-refractivity contribution in [2.24, 2.45) is 0 Å². The maximum Gasteiger partial charge on any atom is 0.209 e. The molecular weight excluding hydrogens is 342 g/mol. The highest BCUT2D eigenvalue weighted by Gasteiger charge is 2.31. The maximum absolute atomic E-state index is 6.20. The second-order valence-electron chi connectivity index (χ2n) is 6.77. The number of thiophene rings is 1. The van der Waals surface area contributed by atoms with Gasteiger partial charge in [0.25, 0.3) is 0 Å². The number of aromatic nitrogens is 4. The lowest BCUT2D eigenvalue weighted by molar-refractivity contribution is -0.0379. The van der Waals surface area contributed by atoms with Crippen LogP contribution in [-0.2, 0) is 17.8 Å². The molecule has 0 saturated carbocycles. The fraction of sp³-hybridized carbons (Fsp3) is 0.438. The molecule has 4 heterocycles. The van der Waals surface area contributed by atoms with E-state index in [1.54, 1.807) is 23.1 Å². The van der Waals surface area contributed by atoms with Gasteiger partial charge < -0.3 is 10.5 Å². The number of anilines is 1. The minimum absolute atomic E-state index is 0.184. The third-order valence-corrected chi connectivity index (χ3v) is 6.28. The quantitative estimate of drug-likeness (QED) is 0.569. The lowest BCUT2D eigenvalue weighted by atomic mass is 9.94. The average molecular weight is 361 g/mol. The molecule has 2 N–H and O–H groups in total. The molecule has 1 aliphatic rings. The summed E-state index contributed by atoms with van der Waals surface area (Å²) in [4.78, 5) is 6.73. The number of thioether (sulfide) groups is 1. The molecule has 1 aliphatic heterocycles. The normalized spacial score (nSPS) is 16.6. The molecule has 0 radical (unpaired) electrons. The first-order valence-corrected chi connectivity index (χ1v) is 9.52. The summed E-state index contributed by atoms with van der Waals surface area (Å²) in [7, 11) is 0. The second kappa shape index (κ2) is 5.44. The Hall–Kier alpha value is -1.64. The monoisotopic (exact) mass is 361 g/mol. The van der Waals surface area contributed by atoms with Crippen LogP contribution in [0.25, 0.3) is 15.9 Å². The van der Waals surface area contributed by atoms with E-state index in [1.165, 1.54) is 10.4 Å². The molecule has 4 rings (SSSR count). The van der Waals surface area contributed by atoms with Crippen molar-refractivity contribution >= 4 is 44.9 Å². The zero-order valence-corrected chi connectivity index (χ0v) is 15.6. The van der Waals surface area contributed by atoms with Gasteiger partial charge in [0.2, 0.25) is 5.95 Å². The average Bonchev–Trinajstić information content (AvgIpc) is 3.05. The maximum atomic E-state index is 6.20. The fourth-order valence-corrected chi connectivity index (χ4v) is 4.81. The summed E-state index contributed by atoms with van der Waals surface area (Å²) in [6, 6.07) is 0. The molecule has 0 aliphatic carbocycles. The van der Waals surface area contributed by atoms with Crippen LogP contribution in [0.5, 0.6) is 0 Å². The topological polar surface area (TPSA) is 78.3 Å². The molecule has 0 fully saturated rings. The highest BCUT2D eigenvalue weighted by atomic mass is 32.2. The molecule has 126 valence electrons. The first kappa shape index (κ1) is 15.9. The second-order valence-corrected chi connectivity index (χ2v) is 8.79. The Morgan fingerprint density at radius 2 is 2.25 bits per heavy atom. The van der Waals surface area contributed by atoms with Gasteiger partial charge in [-0.15, -0.1) is 21.5 Å². The highest BCUT2D eigenvalue weighted by Crippen LogP contribution is 2.40. The summed E-state index contributed by atoms with van der Waals surface area (Å²) in [6.07, 6.45) is 0.838. The summed E-state index contributed by atoms with van der Waals surface area (Å²) in [6.45, 7) is 10.8. The Balaban J connectivity index is 1.94. The van der Waals surface area contributed by atoms with Crippen molar-refractivity contribution in [1.29, 1.82) is 0 Å². The van der Waals surface area contributed by atoms with E-state index in [-0.39, 0.29) is 5.60 Å². The Kier molecular flexibility index (Phi) is 3.59. The number of hydrogen-bond donors (Lipinski definition) is 1. The zero-order chi connectivity index (χ0) is 17.1. The SMILES string of the molecule is C=C(C)CSc1nnc2c3c4c(sc3nc(N)n12)COC(C)(C)C4. The van der Waals surface area contributed by atoms with Gasteiger partial charge >= 0.3 is 0 Å². The zero-order valence-electron chi connectivity index (χ0n) is 13.9. The van der Waals surface area contributed by atoms with Gasteiger partial charge in [0, 0.05) is 17.1 Å². The van der Waals surface area contributed by atoms with Crippen molar-refractivity contribution in [3.63, 3.8) is 0 Å². The standard InChI is InChI=1S/C16H19N5OS2/c1-8(2)7-23-15-20-19-12-11-9-5-16(3,4)22-6-10(9)24-13(11)18-14(17)21(12)15/h1,5-7H2,2-4H3,(H2,17,18). The van der Waals surface area contributed by atoms with Crippen LogP contribution in [0, 0.1) is 0 Å². The van der Waals surface area contributed by atoms with Gasteiger partial charge in [0.05, 0.1) is 17.6 Å². The molecule has 0 aromatic carbocycles. The molecule has 0 atom stereocenters. The molecule has 0 unspecified atom stereocenters. The van der Waals surface area contributed by atoms with E-state index in [4.69, 9.17) is 10.5 Å². The third kappa shape index (κ3) is 2.49. The van der Waals surface area contributed by atoms with E-state index < -0.39 is 0 Å². The van der Waals surface area contributed by atoms with Crippen molar-refractivity contribution in [2.45, 2.75) is 44.6 Å². The molecule has 0 spiro atoms. The van der Waals surface area contributed by atoms with Gasteiger partial charge in [-0.1, -0.05) is 23.9 Å². The van der Waals surface area contributed by atoms with E-state index in [1.807, 2.05) is 11.3 Å². The number of nitrogens with two attached hydrogens (primary N) is 1. The Morgan fingerprint density at radius 3 is 3.00 bits per heavy atom.